The predicted molar refractivity (Wildman–Crippen MR) is 113 cm³/mol. The smallest absolute Gasteiger partial charge is 0.373 e. The van der Waals surface area contributed by atoms with Crippen molar-refractivity contribution in [3.63, 3.8) is 0 Å². The lowest BCUT2D eigenvalue weighted by Gasteiger charge is -2.29. The van der Waals surface area contributed by atoms with Gasteiger partial charge in [0.15, 0.2) is 0 Å². The second-order valence-electron chi connectivity index (χ2n) is 8.43. The number of unbranched alkanes of at least 4 members (excludes halogenated alkanes) is 4. The quantitative estimate of drug-likeness (QED) is 0.168. The molecular formula is C22H44O4Si. The zero-order valence-electron chi connectivity index (χ0n) is 18.2. The van der Waals surface area contributed by atoms with Gasteiger partial charge in [0.25, 0.3) is 0 Å². The van der Waals surface area contributed by atoms with Crippen LogP contribution in [-0.2, 0) is 18.0 Å². The number of fused-ring (bicyclic) bond motifs is 1. The largest absolute Gasteiger partial charge is 0.500 e. The molecule has 0 aromatic carbocycles. The second-order valence-corrected chi connectivity index (χ2v) is 11.2. The maximum absolute atomic E-state index is 6.19. The predicted octanol–water partition coefficient (Wildman–Crippen LogP) is 6.11. The lowest BCUT2D eigenvalue weighted by atomic mass is 9.85. The van der Waals surface area contributed by atoms with Crippen molar-refractivity contribution in [2.45, 2.75) is 116 Å². The van der Waals surface area contributed by atoms with E-state index < -0.39 is 8.80 Å². The van der Waals surface area contributed by atoms with Crippen molar-refractivity contribution < 1.29 is 18.0 Å². The molecule has 0 spiro atoms. The Hall–Kier alpha value is 0.0569. The van der Waals surface area contributed by atoms with E-state index in [-0.39, 0.29) is 0 Å². The first-order valence-electron chi connectivity index (χ1n) is 11.8. The second kappa shape index (κ2) is 13.3. The molecule has 0 aromatic rings. The molecule has 1 aliphatic heterocycles. The van der Waals surface area contributed by atoms with Gasteiger partial charge in [0.2, 0.25) is 0 Å². The summed E-state index contributed by atoms with van der Waals surface area (Å²) in [6.45, 7) is 8.73. The zero-order valence-corrected chi connectivity index (χ0v) is 19.2. The Morgan fingerprint density at radius 1 is 0.741 bits per heavy atom. The molecular weight excluding hydrogens is 356 g/mol. The molecule has 0 amide bonds. The molecule has 0 aromatic heterocycles. The van der Waals surface area contributed by atoms with Crippen molar-refractivity contribution in [2.75, 3.05) is 19.8 Å². The van der Waals surface area contributed by atoms with Crippen LogP contribution in [0.4, 0.5) is 0 Å². The van der Waals surface area contributed by atoms with Crippen molar-refractivity contribution in [3.05, 3.63) is 0 Å². The van der Waals surface area contributed by atoms with Gasteiger partial charge in [-0.1, -0.05) is 52.9 Å². The molecule has 27 heavy (non-hydrogen) atoms. The monoisotopic (exact) mass is 400 g/mol. The summed E-state index contributed by atoms with van der Waals surface area (Å²) in [5, 5.41) is 0. The third-order valence-electron chi connectivity index (χ3n) is 5.79. The highest BCUT2D eigenvalue weighted by Crippen LogP contribution is 2.41. The summed E-state index contributed by atoms with van der Waals surface area (Å²) in [6, 6.07) is 0.982. The fourth-order valence-corrected chi connectivity index (χ4v) is 7.08. The zero-order chi connectivity index (χ0) is 19.4. The summed E-state index contributed by atoms with van der Waals surface area (Å²) >= 11 is 0. The first-order chi connectivity index (χ1) is 13.2. The summed E-state index contributed by atoms with van der Waals surface area (Å²) < 4.78 is 24.2. The topological polar surface area (TPSA) is 40.2 Å². The van der Waals surface area contributed by atoms with Crippen molar-refractivity contribution in [1.29, 1.82) is 0 Å². The number of ether oxygens (including phenoxy) is 1. The highest BCUT2D eigenvalue weighted by molar-refractivity contribution is 6.60. The summed E-state index contributed by atoms with van der Waals surface area (Å²) in [6.07, 6.45) is 16.3. The van der Waals surface area contributed by atoms with Gasteiger partial charge in [-0.15, -0.1) is 0 Å². The van der Waals surface area contributed by atoms with E-state index in [1.807, 2.05) is 0 Å². The van der Waals surface area contributed by atoms with E-state index in [9.17, 15) is 0 Å². The highest BCUT2D eigenvalue weighted by atomic mass is 28.4. The number of epoxide rings is 1. The van der Waals surface area contributed by atoms with E-state index >= 15 is 0 Å². The lowest BCUT2D eigenvalue weighted by molar-refractivity contribution is 0.0586. The van der Waals surface area contributed by atoms with Crippen LogP contribution in [0.25, 0.3) is 0 Å². The number of rotatable bonds is 17. The highest BCUT2D eigenvalue weighted by Gasteiger charge is 2.43. The number of hydrogen-bond donors (Lipinski definition) is 0. The van der Waals surface area contributed by atoms with Crippen LogP contribution >= 0.6 is 0 Å². The Kier molecular flexibility index (Phi) is 11.5. The van der Waals surface area contributed by atoms with E-state index in [1.165, 1.54) is 57.8 Å². The van der Waals surface area contributed by atoms with E-state index in [0.29, 0.717) is 12.2 Å². The molecule has 1 saturated heterocycles. The van der Waals surface area contributed by atoms with E-state index in [1.54, 1.807) is 0 Å². The Morgan fingerprint density at radius 3 is 1.93 bits per heavy atom. The summed E-state index contributed by atoms with van der Waals surface area (Å²) in [5.41, 5.74) is 0. The van der Waals surface area contributed by atoms with Crippen LogP contribution in [0.15, 0.2) is 0 Å². The van der Waals surface area contributed by atoms with Crippen LogP contribution in [0.1, 0.15) is 97.8 Å². The fourth-order valence-electron chi connectivity index (χ4n) is 4.17. The maximum Gasteiger partial charge on any atom is 0.500 e. The van der Waals surface area contributed by atoms with Crippen LogP contribution in [0.2, 0.25) is 6.04 Å². The standard InChI is InChI=1S/C22H44O4Si/c1-4-15-23-27(24-16-5-2,25-17-6-3)18-11-9-7-8-10-12-20-13-14-21-22(19-20)26-21/h20-22H,4-19H2,1-3H3. The van der Waals surface area contributed by atoms with Gasteiger partial charge in [-0.25, -0.2) is 0 Å². The van der Waals surface area contributed by atoms with Gasteiger partial charge in [-0.3, -0.25) is 0 Å². The molecule has 0 radical (unpaired) electrons. The van der Waals surface area contributed by atoms with Crippen LogP contribution in [-0.4, -0.2) is 40.8 Å². The third kappa shape index (κ3) is 8.95. The van der Waals surface area contributed by atoms with Gasteiger partial charge < -0.3 is 18.0 Å². The normalized spacial score (nSPS) is 24.8. The molecule has 0 N–H and O–H groups in total. The molecule has 2 rings (SSSR count). The number of hydrogen-bond acceptors (Lipinski definition) is 4. The van der Waals surface area contributed by atoms with Crippen LogP contribution < -0.4 is 0 Å². The van der Waals surface area contributed by atoms with Gasteiger partial charge in [0.05, 0.1) is 12.2 Å². The lowest BCUT2D eigenvalue weighted by Crippen LogP contribution is -2.46. The molecule has 3 atom stereocenters. The molecule has 4 nitrogen and oxygen atoms in total. The van der Waals surface area contributed by atoms with Crippen LogP contribution in [0.3, 0.4) is 0 Å². The van der Waals surface area contributed by atoms with Crippen molar-refractivity contribution in [3.8, 4) is 0 Å². The van der Waals surface area contributed by atoms with Crippen LogP contribution in [0.5, 0.6) is 0 Å². The van der Waals surface area contributed by atoms with E-state index in [0.717, 1.165) is 51.0 Å². The van der Waals surface area contributed by atoms with Gasteiger partial charge in [-0.2, -0.15) is 0 Å². The molecule has 5 heteroatoms. The van der Waals surface area contributed by atoms with Crippen LogP contribution in [0, 0.1) is 5.92 Å². The van der Waals surface area contributed by atoms with Crippen molar-refractivity contribution in [1.82, 2.24) is 0 Å². The Labute approximate surface area is 169 Å². The van der Waals surface area contributed by atoms with Crippen molar-refractivity contribution in [2.24, 2.45) is 5.92 Å². The first kappa shape index (κ1) is 23.3. The average molecular weight is 401 g/mol. The van der Waals surface area contributed by atoms with Gasteiger partial charge in [0, 0.05) is 25.9 Å². The Balaban J connectivity index is 1.59. The molecule has 0 bridgehead atoms. The Morgan fingerprint density at radius 2 is 1.33 bits per heavy atom. The minimum absolute atomic E-state index is 0.635. The van der Waals surface area contributed by atoms with Gasteiger partial charge >= 0.3 is 8.80 Å². The van der Waals surface area contributed by atoms with Gasteiger partial charge in [-0.05, 0) is 50.9 Å². The first-order valence-corrected chi connectivity index (χ1v) is 13.7. The van der Waals surface area contributed by atoms with Crippen molar-refractivity contribution >= 4 is 8.80 Å². The summed E-state index contributed by atoms with van der Waals surface area (Å²) in [5.74, 6) is 0.932. The molecule has 2 fully saturated rings. The molecule has 2 aliphatic rings. The average Bonchev–Trinajstić information content (AvgIpc) is 3.46. The molecule has 1 saturated carbocycles. The molecule has 3 unspecified atom stereocenters. The molecule has 160 valence electrons. The third-order valence-corrected chi connectivity index (χ3v) is 8.68. The fraction of sp³-hybridized carbons (Fsp3) is 1.00. The Bertz CT molecular complexity index is 358. The molecule has 1 aliphatic carbocycles. The SMILES string of the molecule is CCCO[Si](CCCCCCCC1CCC2OC2C1)(OCCC)OCCC. The van der Waals surface area contributed by atoms with E-state index in [2.05, 4.69) is 20.8 Å². The minimum atomic E-state index is -2.47. The summed E-state index contributed by atoms with van der Waals surface area (Å²) in [4.78, 5) is 0. The minimum Gasteiger partial charge on any atom is -0.373 e. The van der Waals surface area contributed by atoms with Gasteiger partial charge in [0.1, 0.15) is 0 Å². The molecule has 1 heterocycles. The summed E-state index contributed by atoms with van der Waals surface area (Å²) in [7, 11) is -2.47. The maximum atomic E-state index is 6.19. The van der Waals surface area contributed by atoms with E-state index in [4.69, 9.17) is 18.0 Å².